The number of carboxylic acid groups (broad SMARTS) is 1. The molecule has 2 nitrogen and oxygen atoms in total. The van der Waals surface area contributed by atoms with E-state index in [0.717, 1.165) is 18.2 Å². The van der Waals surface area contributed by atoms with E-state index in [0.29, 0.717) is 6.07 Å². The Morgan fingerprint density at radius 2 is 2.00 bits per heavy atom. The Morgan fingerprint density at radius 1 is 1.36 bits per heavy atom. The van der Waals surface area contributed by atoms with E-state index in [2.05, 4.69) is 0 Å². The molecule has 1 rings (SSSR count). The minimum Gasteiger partial charge on any atom is -0.478 e. The molecule has 0 bridgehead atoms. The van der Waals surface area contributed by atoms with Crippen molar-refractivity contribution in [2.24, 2.45) is 0 Å². The van der Waals surface area contributed by atoms with Crippen molar-refractivity contribution in [2.45, 2.75) is 0 Å². The van der Waals surface area contributed by atoms with E-state index < -0.39 is 17.6 Å². The van der Waals surface area contributed by atoms with Gasteiger partial charge in [-0.05, 0) is 12.1 Å². The minimum absolute atomic E-state index is 0.0706. The van der Waals surface area contributed by atoms with Gasteiger partial charge in [-0.15, -0.1) is 0 Å². The van der Waals surface area contributed by atoms with E-state index in [1.54, 1.807) is 0 Å². The highest BCUT2D eigenvalue weighted by Crippen LogP contribution is 2.20. The number of carboxylic acids is 1. The van der Waals surface area contributed by atoms with Gasteiger partial charge in [0.2, 0.25) is 0 Å². The summed E-state index contributed by atoms with van der Waals surface area (Å²) in [6, 6.07) is 1.62. The van der Waals surface area contributed by atoms with E-state index in [1.165, 1.54) is 0 Å². The third kappa shape index (κ3) is 2.53. The minimum atomic E-state index is -1.22. The third-order valence-corrected chi connectivity index (χ3v) is 1.73. The van der Waals surface area contributed by atoms with Crippen LogP contribution in [0.5, 0.6) is 0 Å². The Morgan fingerprint density at radius 3 is 2.57 bits per heavy atom. The van der Waals surface area contributed by atoms with E-state index >= 15 is 0 Å². The van der Waals surface area contributed by atoms with Gasteiger partial charge in [0.05, 0.1) is 5.02 Å². The first-order chi connectivity index (χ1) is 6.50. The molecular weight excluding hydrogens is 214 g/mol. The van der Waals surface area contributed by atoms with Gasteiger partial charge >= 0.3 is 5.97 Å². The summed E-state index contributed by atoms with van der Waals surface area (Å²) in [5, 5.41) is 8.02. The lowest BCUT2D eigenvalue weighted by molar-refractivity contribution is -0.131. The van der Waals surface area contributed by atoms with Crippen LogP contribution >= 0.6 is 11.6 Å². The van der Waals surface area contributed by atoms with Crippen LogP contribution in [0.25, 0.3) is 6.08 Å². The summed E-state index contributed by atoms with van der Waals surface area (Å²) >= 11 is 5.38. The number of hydrogen-bond donors (Lipinski definition) is 1. The molecule has 0 unspecified atom stereocenters. The molecule has 0 aliphatic heterocycles. The largest absolute Gasteiger partial charge is 0.478 e. The van der Waals surface area contributed by atoms with Gasteiger partial charge in [-0.1, -0.05) is 11.6 Å². The maximum Gasteiger partial charge on any atom is 0.328 e. The maximum atomic E-state index is 12.9. The lowest BCUT2D eigenvalue weighted by Gasteiger charge is -1.98. The number of benzene rings is 1. The Labute approximate surface area is 83.4 Å². The summed E-state index contributed by atoms with van der Waals surface area (Å²) in [5.41, 5.74) is -0.0706. The predicted octanol–water partition coefficient (Wildman–Crippen LogP) is 2.72. The number of hydrogen-bond acceptors (Lipinski definition) is 1. The van der Waals surface area contributed by atoms with E-state index in [4.69, 9.17) is 16.7 Å². The zero-order chi connectivity index (χ0) is 10.7. The molecule has 0 saturated carbocycles. The first kappa shape index (κ1) is 10.7. The SMILES string of the molecule is O=C(O)C=Cc1cc(Cl)c(F)cc1F. The predicted molar refractivity (Wildman–Crippen MR) is 48.0 cm³/mol. The van der Waals surface area contributed by atoms with Crippen LogP contribution in [0.3, 0.4) is 0 Å². The molecule has 0 aliphatic rings. The normalized spacial score (nSPS) is 10.8. The molecule has 0 radical (unpaired) electrons. The van der Waals surface area contributed by atoms with E-state index in [1.807, 2.05) is 0 Å². The Hall–Kier alpha value is -1.42. The average Bonchev–Trinajstić information content (AvgIpc) is 2.09. The van der Waals surface area contributed by atoms with Crippen molar-refractivity contribution in [1.29, 1.82) is 0 Å². The second-order valence-corrected chi connectivity index (χ2v) is 2.87. The molecule has 0 spiro atoms. The smallest absolute Gasteiger partial charge is 0.328 e. The average molecular weight is 219 g/mol. The highest BCUT2D eigenvalue weighted by atomic mass is 35.5. The van der Waals surface area contributed by atoms with Gasteiger partial charge < -0.3 is 5.11 Å². The molecule has 0 amide bonds. The number of halogens is 3. The monoisotopic (exact) mass is 218 g/mol. The van der Waals surface area contributed by atoms with Crippen molar-refractivity contribution in [3.63, 3.8) is 0 Å². The van der Waals surface area contributed by atoms with Crippen molar-refractivity contribution in [3.05, 3.63) is 40.4 Å². The Balaban J connectivity index is 3.10. The molecule has 0 aromatic heterocycles. The van der Waals surface area contributed by atoms with Crippen LogP contribution < -0.4 is 0 Å². The third-order valence-electron chi connectivity index (χ3n) is 1.45. The quantitative estimate of drug-likeness (QED) is 0.612. The first-order valence-electron chi connectivity index (χ1n) is 3.56. The van der Waals surface area contributed by atoms with Gasteiger partial charge in [-0.25, -0.2) is 13.6 Å². The van der Waals surface area contributed by atoms with Crippen molar-refractivity contribution >= 4 is 23.6 Å². The highest BCUT2D eigenvalue weighted by molar-refractivity contribution is 6.30. The second-order valence-electron chi connectivity index (χ2n) is 2.46. The number of carbonyl (C=O) groups is 1. The number of aliphatic carboxylic acids is 1. The molecule has 1 aromatic carbocycles. The first-order valence-corrected chi connectivity index (χ1v) is 3.94. The summed E-state index contributed by atoms with van der Waals surface area (Å²) in [6.07, 6.45) is 1.75. The fourth-order valence-electron chi connectivity index (χ4n) is 0.827. The van der Waals surface area contributed by atoms with Gasteiger partial charge in [0.1, 0.15) is 11.6 Å². The van der Waals surface area contributed by atoms with Gasteiger partial charge in [0.15, 0.2) is 0 Å². The molecule has 0 aliphatic carbocycles. The van der Waals surface area contributed by atoms with Crippen LogP contribution in [-0.2, 0) is 4.79 Å². The molecule has 1 N–H and O–H groups in total. The van der Waals surface area contributed by atoms with Gasteiger partial charge in [0, 0.05) is 17.7 Å². The molecule has 0 atom stereocenters. The molecule has 14 heavy (non-hydrogen) atoms. The Bertz CT molecular complexity index is 402. The van der Waals surface area contributed by atoms with Crippen molar-refractivity contribution < 1.29 is 18.7 Å². The van der Waals surface area contributed by atoms with Crippen LogP contribution in [0.2, 0.25) is 5.02 Å². The summed E-state index contributed by atoms with van der Waals surface area (Å²) < 4.78 is 25.6. The van der Waals surface area contributed by atoms with Gasteiger partial charge in [-0.2, -0.15) is 0 Å². The summed E-state index contributed by atoms with van der Waals surface area (Å²) in [7, 11) is 0. The van der Waals surface area contributed by atoms with Crippen molar-refractivity contribution in [1.82, 2.24) is 0 Å². The van der Waals surface area contributed by atoms with Crippen molar-refractivity contribution in [3.8, 4) is 0 Å². The molecular formula is C9H5ClF2O2. The summed E-state index contributed by atoms with van der Waals surface area (Å²) in [5.74, 6) is -2.95. The van der Waals surface area contributed by atoms with Crippen LogP contribution in [0.15, 0.2) is 18.2 Å². The van der Waals surface area contributed by atoms with Crippen LogP contribution in [-0.4, -0.2) is 11.1 Å². The van der Waals surface area contributed by atoms with Gasteiger partial charge in [-0.3, -0.25) is 0 Å². The molecule has 0 heterocycles. The van der Waals surface area contributed by atoms with E-state index in [-0.39, 0.29) is 10.6 Å². The van der Waals surface area contributed by atoms with Crippen LogP contribution in [0.1, 0.15) is 5.56 Å². The fraction of sp³-hybridized carbons (Fsp3) is 0. The second kappa shape index (κ2) is 4.19. The van der Waals surface area contributed by atoms with E-state index in [9.17, 15) is 13.6 Å². The lowest BCUT2D eigenvalue weighted by atomic mass is 10.2. The molecule has 74 valence electrons. The van der Waals surface area contributed by atoms with Gasteiger partial charge in [0.25, 0.3) is 0 Å². The zero-order valence-corrected chi connectivity index (χ0v) is 7.55. The fourth-order valence-corrected chi connectivity index (χ4v) is 0.999. The maximum absolute atomic E-state index is 12.9. The lowest BCUT2D eigenvalue weighted by Crippen LogP contribution is -1.89. The van der Waals surface area contributed by atoms with Crippen LogP contribution in [0, 0.1) is 11.6 Å². The highest BCUT2D eigenvalue weighted by Gasteiger charge is 2.06. The molecule has 0 saturated heterocycles. The number of rotatable bonds is 2. The van der Waals surface area contributed by atoms with Crippen LogP contribution in [0.4, 0.5) is 8.78 Å². The topological polar surface area (TPSA) is 37.3 Å². The molecule has 1 aromatic rings. The Kier molecular flexibility index (Phi) is 3.19. The standard InChI is InChI=1S/C9H5ClF2O2/c10-6-3-5(1-2-9(13)14)7(11)4-8(6)12/h1-4H,(H,13,14). The summed E-state index contributed by atoms with van der Waals surface area (Å²) in [4.78, 5) is 10.1. The summed E-state index contributed by atoms with van der Waals surface area (Å²) in [6.45, 7) is 0. The van der Waals surface area contributed by atoms with Crippen molar-refractivity contribution in [2.75, 3.05) is 0 Å². The molecule has 5 heteroatoms. The molecule has 0 fully saturated rings. The zero-order valence-electron chi connectivity index (χ0n) is 6.80.